The van der Waals surface area contributed by atoms with E-state index in [0.717, 1.165) is 109 Å². The van der Waals surface area contributed by atoms with E-state index in [1.807, 2.05) is 0 Å². The van der Waals surface area contributed by atoms with Crippen LogP contribution in [0.2, 0.25) is 0 Å². The molecule has 1 unspecified atom stereocenters. The number of unbranched alkanes of at least 4 members (excludes halogenated alkanes) is 36. The van der Waals surface area contributed by atoms with Crippen molar-refractivity contribution in [2.24, 2.45) is 0 Å². The first-order valence-electron chi connectivity index (χ1n) is 33.6. The lowest BCUT2D eigenvalue weighted by molar-refractivity contribution is -0.167. The van der Waals surface area contributed by atoms with Crippen LogP contribution in [0.1, 0.15) is 335 Å². The first kappa shape index (κ1) is 74.6. The van der Waals surface area contributed by atoms with E-state index in [2.05, 4.69) is 106 Å². The average Bonchev–Trinajstić information content (AvgIpc) is 3.44. The molecular formula is C72H126O6. The third-order valence-electron chi connectivity index (χ3n) is 14.6. The molecule has 0 fully saturated rings. The molecule has 0 aliphatic rings. The van der Waals surface area contributed by atoms with Gasteiger partial charge in [0.2, 0.25) is 0 Å². The Hall–Kier alpha value is -3.41. The summed E-state index contributed by atoms with van der Waals surface area (Å²) in [7, 11) is 0. The molecule has 0 aromatic rings. The highest BCUT2D eigenvalue weighted by atomic mass is 16.6. The van der Waals surface area contributed by atoms with Gasteiger partial charge >= 0.3 is 17.9 Å². The topological polar surface area (TPSA) is 78.9 Å². The molecule has 1 atom stereocenters. The van der Waals surface area contributed by atoms with Crippen molar-refractivity contribution in [2.45, 2.75) is 341 Å². The molecular weight excluding hydrogens is 961 g/mol. The zero-order valence-electron chi connectivity index (χ0n) is 51.7. The van der Waals surface area contributed by atoms with E-state index in [1.165, 1.54) is 186 Å². The zero-order valence-corrected chi connectivity index (χ0v) is 51.7. The van der Waals surface area contributed by atoms with Crippen LogP contribution in [0.5, 0.6) is 0 Å². The van der Waals surface area contributed by atoms with Crippen LogP contribution < -0.4 is 0 Å². The summed E-state index contributed by atoms with van der Waals surface area (Å²) in [5.74, 6) is -0.875. The molecule has 0 radical (unpaired) electrons. The number of hydrogen-bond donors (Lipinski definition) is 0. The van der Waals surface area contributed by atoms with Gasteiger partial charge in [-0.3, -0.25) is 14.4 Å². The van der Waals surface area contributed by atoms with Crippen molar-refractivity contribution in [3.8, 4) is 0 Å². The van der Waals surface area contributed by atoms with Gasteiger partial charge in [0, 0.05) is 19.3 Å². The van der Waals surface area contributed by atoms with Crippen LogP contribution in [-0.4, -0.2) is 37.2 Å². The summed E-state index contributed by atoms with van der Waals surface area (Å²) >= 11 is 0. The number of carbonyl (C=O) groups is 3. The fraction of sp³-hybridized carbons (Fsp3) is 0.764. The lowest BCUT2D eigenvalue weighted by Crippen LogP contribution is -2.30. The second-order valence-electron chi connectivity index (χ2n) is 22.3. The number of allylic oxidation sites excluding steroid dienone is 14. The Morgan fingerprint density at radius 2 is 0.500 bits per heavy atom. The summed E-state index contributed by atoms with van der Waals surface area (Å²) in [6.45, 7) is 6.41. The summed E-state index contributed by atoms with van der Waals surface area (Å²) < 4.78 is 16.9. The van der Waals surface area contributed by atoms with Gasteiger partial charge in [0.25, 0.3) is 0 Å². The minimum atomic E-state index is -0.777. The summed E-state index contributed by atoms with van der Waals surface area (Å²) in [4.78, 5) is 38.1. The monoisotopic (exact) mass is 1090 g/mol. The van der Waals surface area contributed by atoms with E-state index in [-0.39, 0.29) is 31.1 Å². The van der Waals surface area contributed by atoms with Crippen molar-refractivity contribution in [1.82, 2.24) is 0 Å². The molecule has 0 saturated carbocycles. The maximum Gasteiger partial charge on any atom is 0.306 e. The predicted molar refractivity (Wildman–Crippen MR) is 339 cm³/mol. The molecule has 0 N–H and O–H groups in total. The summed E-state index contributed by atoms with van der Waals surface area (Å²) in [5, 5.41) is 0. The van der Waals surface area contributed by atoms with Gasteiger partial charge < -0.3 is 14.2 Å². The molecule has 0 heterocycles. The average molecular weight is 1090 g/mol. The molecule has 6 nitrogen and oxygen atoms in total. The highest BCUT2D eigenvalue weighted by Crippen LogP contribution is 2.18. The Bertz CT molecular complexity index is 1480. The third-order valence-corrected chi connectivity index (χ3v) is 14.6. The first-order chi connectivity index (χ1) is 38.5. The molecule has 0 bridgehead atoms. The highest BCUT2D eigenvalue weighted by molar-refractivity contribution is 5.71. The molecule has 0 saturated heterocycles. The van der Waals surface area contributed by atoms with Crippen molar-refractivity contribution < 1.29 is 28.6 Å². The SMILES string of the molecule is CC/C=C\C/C=C\C/C=C\C/C=C\CCCCCCCCCCCCCCCCCCCCCCCCC(=O)OCC(COC(=O)CCCCCCCCCC)OC(=O)CCCCCCCCC/C=C\C/C=C\C/C=C\CC. The quantitative estimate of drug-likeness (QED) is 0.0261. The van der Waals surface area contributed by atoms with E-state index in [1.54, 1.807) is 0 Å². The molecule has 0 aromatic heterocycles. The van der Waals surface area contributed by atoms with E-state index >= 15 is 0 Å². The van der Waals surface area contributed by atoms with E-state index < -0.39 is 6.10 Å². The summed E-state index contributed by atoms with van der Waals surface area (Å²) in [5.41, 5.74) is 0. The van der Waals surface area contributed by atoms with E-state index in [0.29, 0.717) is 19.3 Å². The predicted octanol–water partition coefficient (Wildman–Crippen LogP) is 23.1. The summed E-state index contributed by atoms with van der Waals surface area (Å²) in [6.07, 6.45) is 87.8. The van der Waals surface area contributed by atoms with Crippen LogP contribution in [0, 0.1) is 0 Å². The van der Waals surface area contributed by atoms with Crippen LogP contribution in [0.3, 0.4) is 0 Å². The van der Waals surface area contributed by atoms with Gasteiger partial charge in [-0.25, -0.2) is 0 Å². The Morgan fingerprint density at radius 3 is 0.782 bits per heavy atom. The maximum atomic E-state index is 12.9. The molecule has 0 aliphatic carbocycles. The Labute approximate surface area is 484 Å². The largest absolute Gasteiger partial charge is 0.462 e. The fourth-order valence-corrected chi connectivity index (χ4v) is 9.69. The number of esters is 3. The van der Waals surface area contributed by atoms with E-state index in [9.17, 15) is 14.4 Å². The van der Waals surface area contributed by atoms with E-state index in [4.69, 9.17) is 14.2 Å². The van der Waals surface area contributed by atoms with Gasteiger partial charge in [0.05, 0.1) is 0 Å². The fourth-order valence-electron chi connectivity index (χ4n) is 9.69. The third kappa shape index (κ3) is 63.4. The number of carbonyl (C=O) groups excluding carboxylic acids is 3. The van der Waals surface area contributed by atoms with Crippen LogP contribution in [0.25, 0.3) is 0 Å². The lowest BCUT2D eigenvalue weighted by atomic mass is 10.0. The van der Waals surface area contributed by atoms with Gasteiger partial charge in [-0.2, -0.15) is 0 Å². The van der Waals surface area contributed by atoms with Gasteiger partial charge in [0.15, 0.2) is 6.10 Å². The van der Waals surface area contributed by atoms with Gasteiger partial charge in [-0.15, -0.1) is 0 Å². The normalized spacial score (nSPS) is 12.6. The maximum absolute atomic E-state index is 12.9. The highest BCUT2D eigenvalue weighted by Gasteiger charge is 2.19. The molecule has 0 spiro atoms. The number of rotatable bonds is 61. The molecule has 6 heteroatoms. The first-order valence-corrected chi connectivity index (χ1v) is 33.6. The summed E-state index contributed by atoms with van der Waals surface area (Å²) in [6, 6.07) is 0. The molecule has 0 aromatic carbocycles. The second kappa shape index (κ2) is 66.1. The Morgan fingerprint density at radius 1 is 0.269 bits per heavy atom. The van der Waals surface area contributed by atoms with Crippen molar-refractivity contribution in [2.75, 3.05) is 13.2 Å². The van der Waals surface area contributed by atoms with Crippen LogP contribution in [-0.2, 0) is 28.6 Å². The van der Waals surface area contributed by atoms with Gasteiger partial charge in [0.1, 0.15) is 13.2 Å². The molecule has 450 valence electrons. The molecule has 0 rings (SSSR count). The standard InChI is InChI=1S/C72H126O6/c1-4-7-10-13-16-19-21-23-25-27-28-29-30-31-32-33-34-35-36-37-38-39-40-41-42-43-44-46-47-49-51-53-56-59-62-65-71(74)77-68-69(67-76-70(73)64-61-58-55-18-15-12-9-6-3)78-72(75)66-63-60-57-54-52-50-48-45-26-24-22-20-17-14-11-8-5-2/h7-8,10-11,16-17,19-20,23-26,28-29,69H,4-6,9,12-15,18,21-22,27,30-68H2,1-3H3/b10-7-,11-8-,19-16-,20-17-,25-23-,26-24-,29-28-. The molecule has 0 amide bonds. The van der Waals surface area contributed by atoms with Crippen molar-refractivity contribution in [3.05, 3.63) is 85.1 Å². The minimum Gasteiger partial charge on any atom is -0.462 e. The minimum absolute atomic E-state index is 0.0754. The number of hydrogen-bond acceptors (Lipinski definition) is 6. The lowest BCUT2D eigenvalue weighted by Gasteiger charge is -2.18. The smallest absolute Gasteiger partial charge is 0.306 e. The zero-order chi connectivity index (χ0) is 56.4. The van der Waals surface area contributed by atoms with Crippen molar-refractivity contribution in [1.29, 1.82) is 0 Å². The molecule has 0 aliphatic heterocycles. The van der Waals surface area contributed by atoms with Crippen molar-refractivity contribution in [3.63, 3.8) is 0 Å². The van der Waals surface area contributed by atoms with Gasteiger partial charge in [-0.05, 0) is 89.9 Å². The van der Waals surface area contributed by atoms with Crippen LogP contribution in [0.4, 0.5) is 0 Å². The molecule has 78 heavy (non-hydrogen) atoms. The Kier molecular flexibility index (Phi) is 63.2. The second-order valence-corrected chi connectivity index (χ2v) is 22.3. The van der Waals surface area contributed by atoms with Crippen LogP contribution >= 0.6 is 0 Å². The Balaban J connectivity index is 3.99. The van der Waals surface area contributed by atoms with Gasteiger partial charge in [-0.1, -0.05) is 311 Å². The number of ether oxygens (including phenoxy) is 3. The van der Waals surface area contributed by atoms with Crippen molar-refractivity contribution >= 4 is 17.9 Å². The van der Waals surface area contributed by atoms with Crippen LogP contribution in [0.15, 0.2) is 85.1 Å².